The molecule has 172 valence electrons. The smallest absolute Gasteiger partial charge is 0.408 e. The van der Waals surface area contributed by atoms with E-state index in [-0.39, 0.29) is 11.4 Å². The molecule has 31 heavy (non-hydrogen) atoms. The van der Waals surface area contributed by atoms with Crippen LogP contribution >= 0.6 is 12.2 Å². The van der Waals surface area contributed by atoms with Crippen LogP contribution in [0.1, 0.15) is 47.1 Å². The first-order valence-corrected chi connectivity index (χ1v) is 10.3. The standard InChI is InChI=1S/C22H32N2O6S/c1-21(2,3)29-18(25)15(13-14-11-9-8-10-12-14)23-17(31)16(19(26)28-7)24-20(27)30-22(4,5)6/h8-12,15-16H,13H2,1-7H3,(H,23,31)(H,24,27)/t15-,16+/m0/s1. The van der Waals surface area contributed by atoms with Crippen LogP contribution in [0.5, 0.6) is 0 Å². The normalized spacial score (nSPS) is 13.4. The van der Waals surface area contributed by atoms with E-state index in [1.165, 1.54) is 7.11 Å². The second-order valence-corrected chi connectivity index (χ2v) is 9.33. The van der Waals surface area contributed by atoms with Crippen molar-refractivity contribution in [2.45, 2.75) is 71.2 Å². The van der Waals surface area contributed by atoms with Gasteiger partial charge in [0.05, 0.1) is 7.11 Å². The lowest BCUT2D eigenvalue weighted by molar-refractivity contribution is -0.157. The Labute approximate surface area is 189 Å². The van der Waals surface area contributed by atoms with Gasteiger partial charge in [-0.2, -0.15) is 0 Å². The zero-order valence-electron chi connectivity index (χ0n) is 19.1. The minimum atomic E-state index is -1.34. The summed E-state index contributed by atoms with van der Waals surface area (Å²) in [4.78, 5) is 37.1. The lowest BCUT2D eigenvalue weighted by atomic mass is 10.0. The van der Waals surface area contributed by atoms with Crippen molar-refractivity contribution in [2.24, 2.45) is 0 Å². The number of amides is 1. The third kappa shape index (κ3) is 10.3. The van der Waals surface area contributed by atoms with E-state index in [1.54, 1.807) is 41.5 Å². The summed E-state index contributed by atoms with van der Waals surface area (Å²) in [7, 11) is 1.17. The van der Waals surface area contributed by atoms with Crippen molar-refractivity contribution >= 4 is 35.2 Å². The Morgan fingerprint density at radius 2 is 1.45 bits per heavy atom. The highest BCUT2D eigenvalue weighted by molar-refractivity contribution is 7.80. The first-order valence-electron chi connectivity index (χ1n) is 9.86. The van der Waals surface area contributed by atoms with Gasteiger partial charge < -0.3 is 24.8 Å². The van der Waals surface area contributed by atoms with Crippen molar-refractivity contribution in [1.82, 2.24) is 10.6 Å². The highest BCUT2D eigenvalue weighted by Gasteiger charge is 2.33. The van der Waals surface area contributed by atoms with E-state index in [4.69, 9.17) is 26.4 Å². The van der Waals surface area contributed by atoms with Gasteiger partial charge in [0.25, 0.3) is 0 Å². The van der Waals surface area contributed by atoms with Crippen LogP contribution in [-0.4, -0.2) is 53.4 Å². The number of benzene rings is 1. The zero-order chi connectivity index (χ0) is 23.8. The molecule has 0 radical (unpaired) electrons. The fourth-order valence-electron chi connectivity index (χ4n) is 2.45. The van der Waals surface area contributed by atoms with Gasteiger partial charge >= 0.3 is 18.0 Å². The summed E-state index contributed by atoms with van der Waals surface area (Å²) in [6.07, 6.45) is -0.583. The predicted molar refractivity (Wildman–Crippen MR) is 121 cm³/mol. The molecule has 0 saturated heterocycles. The van der Waals surface area contributed by atoms with Crippen molar-refractivity contribution in [2.75, 3.05) is 7.11 Å². The van der Waals surface area contributed by atoms with Gasteiger partial charge in [-0.25, -0.2) is 14.4 Å². The molecular formula is C22H32N2O6S. The highest BCUT2D eigenvalue weighted by atomic mass is 32.1. The lowest BCUT2D eigenvalue weighted by Crippen LogP contribution is -2.56. The summed E-state index contributed by atoms with van der Waals surface area (Å²) in [5.41, 5.74) is -0.624. The van der Waals surface area contributed by atoms with Crippen molar-refractivity contribution in [3.63, 3.8) is 0 Å². The molecule has 9 heteroatoms. The number of carbonyl (C=O) groups excluding carboxylic acids is 3. The molecule has 2 atom stereocenters. The zero-order valence-corrected chi connectivity index (χ0v) is 19.9. The number of hydrogen-bond donors (Lipinski definition) is 2. The van der Waals surface area contributed by atoms with E-state index in [2.05, 4.69) is 10.6 Å². The summed E-state index contributed by atoms with van der Waals surface area (Å²) in [6, 6.07) is 7.06. The molecule has 8 nitrogen and oxygen atoms in total. The first-order chi connectivity index (χ1) is 14.2. The first kappa shape index (κ1) is 26.4. The van der Waals surface area contributed by atoms with Gasteiger partial charge in [-0.15, -0.1) is 0 Å². The quantitative estimate of drug-likeness (QED) is 0.370. The molecule has 0 heterocycles. The monoisotopic (exact) mass is 452 g/mol. The van der Waals surface area contributed by atoms with E-state index in [0.29, 0.717) is 0 Å². The number of alkyl carbamates (subject to hydrolysis) is 1. The SMILES string of the molecule is COC(=O)[C@H](NC(=O)OC(C)(C)C)C(=S)N[C@@H](Cc1ccccc1)C(=O)OC(C)(C)C. The molecule has 0 saturated carbocycles. The number of methoxy groups -OCH3 is 1. The molecule has 0 unspecified atom stereocenters. The largest absolute Gasteiger partial charge is 0.467 e. The van der Waals surface area contributed by atoms with Crippen molar-refractivity contribution in [1.29, 1.82) is 0 Å². The Morgan fingerprint density at radius 3 is 1.94 bits per heavy atom. The van der Waals surface area contributed by atoms with Crippen molar-refractivity contribution in [3.05, 3.63) is 35.9 Å². The maximum absolute atomic E-state index is 12.8. The number of nitrogens with one attached hydrogen (secondary N) is 2. The van der Waals surface area contributed by atoms with Crippen LogP contribution in [0, 0.1) is 0 Å². The molecule has 0 aliphatic carbocycles. The second kappa shape index (κ2) is 11.1. The summed E-state index contributed by atoms with van der Waals surface area (Å²) in [5, 5.41) is 5.25. The molecule has 2 N–H and O–H groups in total. The van der Waals surface area contributed by atoms with Crippen LogP contribution in [0.4, 0.5) is 4.79 Å². The topological polar surface area (TPSA) is 103 Å². The molecule has 0 aliphatic rings. The van der Waals surface area contributed by atoms with Gasteiger partial charge in [0, 0.05) is 6.42 Å². The minimum Gasteiger partial charge on any atom is -0.467 e. The van der Waals surface area contributed by atoms with E-state index in [0.717, 1.165) is 5.56 Å². The molecule has 0 spiro atoms. The maximum atomic E-state index is 12.8. The third-order valence-electron chi connectivity index (χ3n) is 3.65. The van der Waals surface area contributed by atoms with Gasteiger partial charge in [0.1, 0.15) is 22.2 Å². The van der Waals surface area contributed by atoms with Gasteiger partial charge in [0.2, 0.25) is 0 Å². The Bertz CT molecular complexity index is 783. The molecule has 1 aromatic carbocycles. The Balaban J connectivity index is 3.06. The van der Waals surface area contributed by atoms with Crippen LogP contribution in [0.15, 0.2) is 30.3 Å². The van der Waals surface area contributed by atoms with E-state index in [9.17, 15) is 14.4 Å². The Hall–Kier alpha value is -2.68. The van der Waals surface area contributed by atoms with Gasteiger partial charge in [-0.1, -0.05) is 42.5 Å². The number of thiocarbonyl (C=S) groups is 1. The number of hydrogen-bond acceptors (Lipinski definition) is 7. The molecule has 1 aromatic rings. The van der Waals surface area contributed by atoms with Crippen LogP contribution < -0.4 is 10.6 Å². The van der Waals surface area contributed by atoms with Gasteiger partial charge in [-0.05, 0) is 47.1 Å². The second-order valence-electron chi connectivity index (χ2n) is 8.89. The van der Waals surface area contributed by atoms with Gasteiger partial charge in [0.15, 0.2) is 6.04 Å². The van der Waals surface area contributed by atoms with Crippen LogP contribution in [0.25, 0.3) is 0 Å². The Kier molecular flexibility index (Phi) is 9.42. The van der Waals surface area contributed by atoms with Gasteiger partial charge in [-0.3, -0.25) is 0 Å². The fourth-order valence-corrected chi connectivity index (χ4v) is 2.74. The van der Waals surface area contributed by atoms with Crippen molar-refractivity contribution < 1.29 is 28.6 Å². The molecule has 0 aliphatic heterocycles. The fraction of sp³-hybridized carbons (Fsp3) is 0.545. The average molecular weight is 453 g/mol. The van der Waals surface area contributed by atoms with E-state index in [1.807, 2.05) is 30.3 Å². The summed E-state index contributed by atoms with van der Waals surface area (Å²) < 4.78 is 15.4. The number of carbonyl (C=O) groups is 3. The predicted octanol–water partition coefficient (Wildman–Crippen LogP) is 2.92. The summed E-state index contributed by atoms with van der Waals surface area (Å²) >= 11 is 5.34. The molecule has 1 amide bonds. The third-order valence-corrected chi connectivity index (χ3v) is 4.00. The summed E-state index contributed by atoms with van der Waals surface area (Å²) in [5.74, 6) is -1.34. The van der Waals surface area contributed by atoms with Crippen molar-refractivity contribution in [3.8, 4) is 0 Å². The van der Waals surface area contributed by atoms with Crippen LogP contribution in [-0.2, 0) is 30.2 Å². The maximum Gasteiger partial charge on any atom is 0.408 e. The molecular weight excluding hydrogens is 420 g/mol. The Morgan fingerprint density at radius 1 is 0.903 bits per heavy atom. The molecule has 0 aromatic heterocycles. The average Bonchev–Trinajstić information content (AvgIpc) is 2.63. The molecule has 1 rings (SSSR count). The summed E-state index contributed by atoms with van der Waals surface area (Å²) in [6.45, 7) is 10.3. The molecule has 0 bridgehead atoms. The van der Waals surface area contributed by atoms with E-state index < -0.39 is 41.3 Å². The number of ether oxygens (including phenoxy) is 3. The van der Waals surface area contributed by atoms with Crippen LogP contribution in [0.2, 0.25) is 0 Å². The van der Waals surface area contributed by atoms with Crippen LogP contribution in [0.3, 0.4) is 0 Å². The number of esters is 2. The lowest BCUT2D eigenvalue weighted by Gasteiger charge is -2.27. The molecule has 0 fully saturated rings. The minimum absolute atomic E-state index is 0.0931. The highest BCUT2D eigenvalue weighted by Crippen LogP contribution is 2.12. The number of rotatable bonds is 7. The van der Waals surface area contributed by atoms with E-state index >= 15 is 0 Å².